The maximum absolute atomic E-state index is 12.9. The second-order valence-corrected chi connectivity index (χ2v) is 2.64. The van der Waals surface area contributed by atoms with Crippen molar-refractivity contribution in [3.8, 4) is 0 Å². The van der Waals surface area contributed by atoms with Crippen molar-refractivity contribution in [3.05, 3.63) is 39.9 Å². The van der Waals surface area contributed by atoms with Gasteiger partial charge in [0.05, 0.1) is 5.69 Å². The molecule has 0 heterocycles. The summed E-state index contributed by atoms with van der Waals surface area (Å²) in [5.74, 6) is -3.38. The Labute approximate surface area is 82.9 Å². The van der Waals surface area contributed by atoms with Crippen molar-refractivity contribution in [1.82, 2.24) is 0 Å². The first-order valence-corrected chi connectivity index (χ1v) is 3.86. The Balaban J connectivity index is 2.77. The van der Waals surface area contributed by atoms with Crippen LogP contribution in [0.2, 0.25) is 0 Å². The van der Waals surface area contributed by atoms with Gasteiger partial charge >= 0.3 is 0 Å². The number of nitrogens with zero attached hydrogens (tertiary/aromatic N) is 1. The number of nitrogens with one attached hydrogen (secondary N) is 1. The quantitative estimate of drug-likeness (QED) is 0.609. The molecule has 0 fully saturated rings. The lowest BCUT2D eigenvalue weighted by molar-refractivity contribution is -0.467. The van der Waals surface area contributed by atoms with Crippen LogP contribution in [0.5, 0.6) is 0 Å². The van der Waals surface area contributed by atoms with Gasteiger partial charge in [0.15, 0.2) is 11.6 Å². The molecule has 0 bridgehead atoms. The molecule has 1 aromatic carbocycles. The second-order valence-electron chi connectivity index (χ2n) is 2.64. The highest BCUT2D eigenvalue weighted by molar-refractivity contribution is 5.91. The lowest BCUT2D eigenvalue weighted by Gasteiger charge is -2.03. The minimum Gasteiger partial charge on any atom is -0.318 e. The van der Waals surface area contributed by atoms with Crippen LogP contribution >= 0.6 is 0 Å². The summed E-state index contributed by atoms with van der Waals surface area (Å²) >= 11 is 0. The van der Waals surface area contributed by atoms with Gasteiger partial charge in [0.25, 0.3) is 12.5 Å². The minimum atomic E-state index is -1.24. The van der Waals surface area contributed by atoms with E-state index >= 15 is 0 Å². The Morgan fingerprint density at radius 1 is 1.47 bits per heavy atom. The van der Waals surface area contributed by atoms with Gasteiger partial charge in [-0.3, -0.25) is 14.9 Å². The van der Waals surface area contributed by atoms with E-state index in [-0.39, 0.29) is 0 Å². The molecule has 0 saturated heterocycles. The van der Waals surface area contributed by atoms with Gasteiger partial charge in [-0.15, -0.1) is 0 Å². The highest BCUT2D eigenvalue weighted by atomic mass is 19.2. The standard InChI is InChI=1S/C8H6F2N2O3/c9-5-2-1-3-6(8(5)10)11-7(13)4-12(14)15/h1-3H,4H2,(H,11,13). The van der Waals surface area contributed by atoms with Crippen LogP contribution in [-0.2, 0) is 4.79 Å². The molecule has 0 aliphatic carbocycles. The Bertz CT molecular complexity index is 409. The molecule has 0 aliphatic rings. The third kappa shape index (κ3) is 2.97. The summed E-state index contributed by atoms with van der Waals surface area (Å²) in [7, 11) is 0. The second kappa shape index (κ2) is 4.45. The Kier molecular flexibility index (Phi) is 3.27. The molecule has 5 nitrogen and oxygen atoms in total. The summed E-state index contributed by atoms with van der Waals surface area (Å²) in [6.07, 6.45) is 0. The molecule has 0 spiro atoms. The number of hydrogen-bond acceptors (Lipinski definition) is 3. The van der Waals surface area contributed by atoms with Crippen LogP contribution in [0.3, 0.4) is 0 Å². The largest absolute Gasteiger partial charge is 0.318 e. The molecule has 1 aromatic rings. The molecular weight excluding hydrogens is 210 g/mol. The van der Waals surface area contributed by atoms with E-state index in [4.69, 9.17) is 0 Å². The topological polar surface area (TPSA) is 72.2 Å². The maximum atomic E-state index is 12.9. The Hall–Kier alpha value is -2.05. The fourth-order valence-corrected chi connectivity index (χ4v) is 0.907. The van der Waals surface area contributed by atoms with Gasteiger partial charge < -0.3 is 5.32 Å². The molecule has 0 aliphatic heterocycles. The monoisotopic (exact) mass is 216 g/mol. The van der Waals surface area contributed by atoms with E-state index in [0.29, 0.717) is 0 Å². The third-order valence-electron chi connectivity index (χ3n) is 1.50. The van der Waals surface area contributed by atoms with Gasteiger partial charge in [0, 0.05) is 4.92 Å². The molecule has 1 N–H and O–H groups in total. The number of hydrogen-bond donors (Lipinski definition) is 1. The van der Waals surface area contributed by atoms with Crippen molar-refractivity contribution in [1.29, 1.82) is 0 Å². The smallest absolute Gasteiger partial charge is 0.296 e. The summed E-state index contributed by atoms with van der Waals surface area (Å²) in [5, 5.41) is 11.8. The first-order chi connectivity index (χ1) is 7.00. The number of rotatable bonds is 3. The maximum Gasteiger partial charge on any atom is 0.296 e. The first-order valence-electron chi connectivity index (χ1n) is 3.86. The van der Waals surface area contributed by atoms with Crippen LogP contribution in [-0.4, -0.2) is 17.4 Å². The average molecular weight is 216 g/mol. The van der Waals surface area contributed by atoms with Crippen LogP contribution in [0.1, 0.15) is 0 Å². The van der Waals surface area contributed by atoms with E-state index in [0.717, 1.165) is 12.1 Å². The third-order valence-corrected chi connectivity index (χ3v) is 1.50. The molecule has 15 heavy (non-hydrogen) atoms. The van der Waals surface area contributed by atoms with Gasteiger partial charge in [0.1, 0.15) is 0 Å². The van der Waals surface area contributed by atoms with Gasteiger partial charge in [-0.2, -0.15) is 0 Å². The number of nitro groups is 1. The van der Waals surface area contributed by atoms with E-state index < -0.39 is 34.7 Å². The molecule has 0 aromatic heterocycles. The van der Waals surface area contributed by atoms with Gasteiger partial charge in [-0.1, -0.05) is 6.07 Å². The van der Waals surface area contributed by atoms with Crippen molar-refractivity contribution in [2.24, 2.45) is 0 Å². The van der Waals surface area contributed by atoms with Crippen LogP contribution < -0.4 is 5.32 Å². The molecular formula is C8H6F2N2O3. The van der Waals surface area contributed by atoms with E-state index in [2.05, 4.69) is 0 Å². The van der Waals surface area contributed by atoms with Crippen LogP contribution in [0.25, 0.3) is 0 Å². The lowest BCUT2D eigenvalue weighted by Crippen LogP contribution is -2.22. The zero-order valence-corrected chi connectivity index (χ0v) is 7.37. The number of anilines is 1. The van der Waals surface area contributed by atoms with E-state index in [9.17, 15) is 23.7 Å². The molecule has 0 unspecified atom stereocenters. The number of amides is 1. The van der Waals surface area contributed by atoms with Crippen LogP contribution in [0.4, 0.5) is 14.5 Å². The van der Waals surface area contributed by atoms with E-state index in [1.165, 1.54) is 6.07 Å². The van der Waals surface area contributed by atoms with E-state index in [1.807, 2.05) is 5.32 Å². The Morgan fingerprint density at radius 2 is 2.13 bits per heavy atom. The highest BCUT2D eigenvalue weighted by Gasteiger charge is 2.13. The molecule has 0 saturated carbocycles. The summed E-state index contributed by atoms with van der Waals surface area (Å²) in [6, 6.07) is 3.16. The first kappa shape index (κ1) is 11.0. The van der Waals surface area contributed by atoms with Crippen LogP contribution in [0, 0.1) is 21.7 Å². The van der Waals surface area contributed by atoms with Crippen molar-refractivity contribution < 1.29 is 18.5 Å². The predicted octanol–water partition coefficient (Wildman–Crippen LogP) is 1.18. The SMILES string of the molecule is O=C(C[N+](=O)[O-])Nc1cccc(F)c1F. The van der Waals surface area contributed by atoms with E-state index in [1.54, 1.807) is 0 Å². The zero-order chi connectivity index (χ0) is 11.4. The number of benzene rings is 1. The molecule has 0 radical (unpaired) electrons. The highest BCUT2D eigenvalue weighted by Crippen LogP contribution is 2.16. The van der Waals surface area contributed by atoms with Gasteiger partial charge in [0.2, 0.25) is 0 Å². The summed E-state index contributed by atoms with van der Waals surface area (Å²) in [5.41, 5.74) is -0.415. The summed E-state index contributed by atoms with van der Waals surface area (Å²) in [4.78, 5) is 19.9. The van der Waals surface area contributed by atoms with Gasteiger partial charge in [-0.25, -0.2) is 8.78 Å². The van der Waals surface area contributed by atoms with Crippen molar-refractivity contribution >= 4 is 11.6 Å². The molecule has 0 atom stereocenters. The number of carbonyl (C=O) groups excluding carboxylic acids is 1. The number of halogens is 2. The predicted molar refractivity (Wildman–Crippen MR) is 46.8 cm³/mol. The summed E-state index contributed by atoms with van der Waals surface area (Å²) in [6.45, 7) is -0.990. The zero-order valence-electron chi connectivity index (χ0n) is 7.37. The fourth-order valence-electron chi connectivity index (χ4n) is 0.907. The molecule has 1 amide bonds. The summed E-state index contributed by atoms with van der Waals surface area (Å²) < 4.78 is 25.6. The number of carbonyl (C=O) groups is 1. The van der Waals surface area contributed by atoms with Crippen molar-refractivity contribution in [3.63, 3.8) is 0 Å². The molecule has 7 heteroatoms. The molecule has 80 valence electrons. The molecule has 1 rings (SSSR count). The van der Waals surface area contributed by atoms with Crippen LogP contribution in [0.15, 0.2) is 18.2 Å². The van der Waals surface area contributed by atoms with Gasteiger partial charge in [-0.05, 0) is 12.1 Å². The normalized spacial score (nSPS) is 9.73. The fraction of sp³-hybridized carbons (Fsp3) is 0.125. The lowest BCUT2D eigenvalue weighted by atomic mass is 10.3. The van der Waals surface area contributed by atoms with Crippen molar-refractivity contribution in [2.45, 2.75) is 0 Å². The minimum absolute atomic E-state index is 0.415. The Morgan fingerprint density at radius 3 is 2.73 bits per heavy atom. The average Bonchev–Trinajstić information content (AvgIpc) is 2.11. The van der Waals surface area contributed by atoms with Crippen molar-refractivity contribution in [2.75, 3.05) is 11.9 Å².